The normalized spacial score (nSPS) is 12.2. The molecule has 2 heterocycles. The molecule has 6 aromatic carbocycles. The van der Waals surface area contributed by atoms with Crippen LogP contribution in [0.15, 0.2) is 103 Å². The minimum Gasteiger partial charge on any atom is -0.354 e. The molecule has 8 rings (SSSR count). The molecule has 0 amide bonds. The number of hydrogen-bond donors (Lipinski definition) is 1. The quantitative estimate of drug-likeness (QED) is 0.194. The van der Waals surface area contributed by atoms with Crippen molar-refractivity contribution in [2.24, 2.45) is 0 Å². The van der Waals surface area contributed by atoms with Gasteiger partial charge in [0.2, 0.25) is 0 Å². The van der Waals surface area contributed by atoms with Gasteiger partial charge in [-0.15, -0.1) is 0 Å². The number of nitrogens with zero attached hydrogens (tertiary/aromatic N) is 1. The predicted molar refractivity (Wildman–Crippen MR) is 141 cm³/mol. The highest BCUT2D eigenvalue weighted by Crippen LogP contribution is 2.36. The lowest BCUT2D eigenvalue weighted by Gasteiger charge is -2.10. The van der Waals surface area contributed by atoms with Crippen LogP contribution in [0.1, 0.15) is 0 Å². The summed E-state index contributed by atoms with van der Waals surface area (Å²) in [6.07, 6.45) is 0. The Morgan fingerprint density at radius 3 is 2.12 bits per heavy atom. The SMILES string of the molecule is c1ccc2cc3c(ccc4c3ccc3cc5c(ccc6c7ccccc7[nH]c56)nc34)cc2c1. The molecule has 8 aromatic rings. The third kappa shape index (κ3) is 2.30. The highest BCUT2D eigenvalue weighted by Gasteiger charge is 2.12. The number of hydrogen-bond acceptors (Lipinski definition) is 1. The molecule has 0 bridgehead atoms. The number of H-pyrrole nitrogens is 1. The van der Waals surface area contributed by atoms with Crippen molar-refractivity contribution in [1.29, 1.82) is 0 Å². The molecule has 0 spiro atoms. The molecule has 0 aliphatic carbocycles. The average molecular weight is 418 g/mol. The molecule has 1 N–H and O–H groups in total. The minimum absolute atomic E-state index is 1.02. The van der Waals surface area contributed by atoms with Crippen LogP contribution in [0.5, 0.6) is 0 Å². The number of benzene rings is 6. The van der Waals surface area contributed by atoms with Crippen molar-refractivity contribution in [3.63, 3.8) is 0 Å². The van der Waals surface area contributed by atoms with Gasteiger partial charge in [0.1, 0.15) is 0 Å². The monoisotopic (exact) mass is 418 g/mol. The van der Waals surface area contributed by atoms with E-state index in [1.54, 1.807) is 0 Å². The number of aromatic amines is 1. The summed E-state index contributed by atoms with van der Waals surface area (Å²) < 4.78 is 0. The molecule has 2 heteroatoms. The van der Waals surface area contributed by atoms with Gasteiger partial charge >= 0.3 is 0 Å². The first-order valence-electron chi connectivity index (χ1n) is 11.3. The summed E-state index contributed by atoms with van der Waals surface area (Å²) in [5.41, 5.74) is 4.41. The van der Waals surface area contributed by atoms with Crippen LogP contribution in [0.2, 0.25) is 0 Å². The van der Waals surface area contributed by atoms with Gasteiger partial charge in [-0.3, -0.25) is 0 Å². The highest BCUT2D eigenvalue weighted by molar-refractivity contribution is 6.22. The van der Waals surface area contributed by atoms with E-state index in [9.17, 15) is 0 Å². The van der Waals surface area contributed by atoms with Crippen molar-refractivity contribution in [3.05, 3.63) is 103 Å². The number of fused-ring (bicyclic) bond motifs is 11. The summed E-state index contributed by atoms with van der Waals surface area (Å²) in [6, 6.07) is 37.2. The van der Waals surface area contributed by atoms with E-state index in [0.717, 1.165) is 22.1 Å². The Bertz CT molecular complexity index is 2080. The van der Waals surface area contributed by atoms with Crippen LogP contribution < -0.4 is 0 Å². The smallest absolute Gasteiger partial charge is 0.0788 e. The predicted octanol–water partition coefficient (Wildman–Crippen LogP) is 8.48. The van der Waals surface area contributed by atoms with E-state index in [0.29, 0.717) is 0 Å². The third-order valence-electron chi connectivity index (χ3n) is 7.12. The molecule has 0 saturated carbocycles. The van der Waals surface area contributed by atoms with Gasteiger partial charge in [-0.05, 0) is 57.3 Å². The molecule has 0 radical (unpaired) electrons. The topological polar surface area (TPSA) is 28.7 Å². The second-order valence-electron chi connectivity index (χ2n) is 8.93. The lowest BCUT2D eigenvalue weighted by molar-refractivity contribution is 1.51. The van der Waals surface area contributed by atoms with Gasteiger partial charge in [0.15, 0.2) is 0 Å². The number of rotatable bonds is 0. The lowest BCUT2D eigenvalue weighted by atomic mass is 9.96. The third-order valence-corrected chi connectivity index (χ3v) is 7.12. The van der Waals surface area contributed by atoms with E-state index in [2.05, 4.69) is 108 Å². The van der Waals surface area contributed by atoms with Crippen LogP contribution >= 0.6 is 0 Å². The van der Waals surface area contributed by atoms with E-state index < -0.39 is 0 Å². The second kappa shape index (κ2) is 6.08. The van der Waals surface area contributed by atoms with Crippen LogP contribution in [0, 0.1) is 0 Å². The number of para-hydroxylation sites is 1. The maximum Gasteiger partial charge on any atom is 0.0788 e. The van der Waals surface area contributed by atoms with Gasteiger partial charge in [0.05, 0.1) is 16.6 Å². The van der Waals surface area contributed by atoms with Crippen molar-refractivity contribution in [3.8, 4) is 0 Å². The molecule has 0 aliphatic heterocycles. The van der Waals surface area contributed by atoms with Crippen molar-refractivity contribution < 1.29 is 0 Å². The van der Waals surface area contributed by atoms with Crippen molar-refractivity contribution in [2.45, 2.75) is 0 Å². The fourth-order valence-corrected chi connectivity index (χ4v) is 5.52. The fraction of sp³-hybridized carbons (Fsp3) is 0. The summed E-state index contributed by atoms with van der Waals surface area (Å²) in [6.45, 7) is 0. The lowest BCUT2D eigenvalue weighted by Crippen LogP contribution is -1.87. The van der Waals surface area contributed by atoms with Gasteiger partial charge in [-0.25, -0.2) is 4.98 Å². The zero-order valence-corrected chi connectivity index (χ0v) is 17.8. The molecule has 152 valence electrons. The molecule has 0 fully saturated rings. The van der Waals surface area contributed by atoms with E-state index in [-0.39, 0.29) is 0 Å². The molecule has 0 atom stereocenters. The Morgan fingerprint density at radius 1 is 0.455 bits per heavy atom. The Morgan fingerprint density at radius 2 is 1.18 bits per heavy atom. The van der Waals surface area contributed by atoms with Gasteiger partial charge in [-0.1, -0.05) is 72.8 Å². The molecule has 0 aliphatic rings. The standard InChI is InChI=1S/C31H18N2/c1-2-6-19-16-26-20(15-18(19)5-1)9-12-24-22(26)11-10-21-17-27-29(32-30(21)24)14-13-25-23-7-3-4-8-28(23)33-31(25)27/h1-17,33H. The summed E-state index contributed by atoms with van der Waals surface area (Å²) in [5.74, 6) is 0. The van der Waals surface area contributed by atoms with Crippen LogP contribution in [0.3, 0.4) is 0 Å². The van der Waals surface area contributed by atoms with Crippen LogP contribution in [0.25, 0.3) is 75.9 Å². The number of nitrogens with one attached hydrogen (secondary N) is 1. The maximum atomic E-state index is 5.18. The van der Waals surface area contributed by atoms with E-state index >= 15 is 0 Å². The first-order chi connectivity index (χ1) is 16.3. The summed E-state index contributed by atoms with van der Waals surface area (Å²) in [7, 11) is 0. The van der Waals surface area contributed by atoms with Gasteiger partial charge < -0.3 is 4.98 Å². The maximum absolute atomic E-state index is 5.18. The summed E-state index contributed by atoms with van der Waals surface area (Å²) in [5, 5.41) is 12.4. The van der Waals surface area contributed by atoms with Crippen LogP contribution in [-0.2, 0) is 0 Å². The summed E-state index contributed by atoms with van der Waals surface area (Å²) >= 11 is 0. The molecule has 2 aromatic heterocycles. The number of aromatic nitrogens is 2. The van der Waals surface area contributed by atoms with Crippen molar-refractivity contribution >= 4 is 75.9 Å². The molecule has 2 nitrogen and oxygen atoms in total. The minimum atomic E-state index is 1.02. The van der Waals surface area contributed by atoms with Gasteiger partial charge in [-0.2, -0.15) is 0 Å². The van der Waals surface area contributed by atoms with E-state index in [4.69, 9.17) is 4.98 Å². The largest absolute Gasteiger partial charge is 0.354 e. The van der Waals surface area contributed by atoms with Gasteiger partial charge in [0, 0.05) is 32.4 Å². The zero-order chi connectivity index (χ0) is 21.5. The Hall–Kier alpha value is -4.43. The van der Waals surface area contributed by atoms with E-state index in [1.165, 1.54) is 53.9 Å². The van der Waals surface area contributed by atoms with Gasteiger partial charge in [0.25, 0.3) is 0 Å². The Kier molecular flexibility index (Phi) is 3.16. The first-order valence-corrected chi connectivity index (χ1v) is 11.3. The Balaban J connectivity index is 1.49. The molecular weight excluding hydrogens is 400 g/mol. The summed E-state index contributed by atoms with van der Waals surface area (Å²) in [4.78, 5) is 8.80. The van der Waals surface area contributed by atoms with Crippen molar-refractivity contribution in [2.75, 3.05) is 0 Å². The molecule has 33 heavy (non-hydrogen) atoms. The zero-order valence-electron chi connectivity index (χ0n) is 17.8. The highest BCUT2D eigenvalue weighted by atomic mass is 14.7. The van der Waals surface area contributed by atoms with Crippen LogP contribution in [0.4, 0.5) is 0 Å². The second-order valence-corrected chi connectivity index (χ2v) is 8.93. The van der Waals surface area contributed by atoms with E-state index in [1.807, 2.05) is 0 Å². The van der Waals surface area contributed by atoms with Crippen LogP contribution in [-0.4, -0.2) is 9.97 Å². The fourth-order valence-electron chi connectivity index (χ4n) is 5.52. The Labute approximate surface area is 189 Å². The molecular formula is C31H18N2. The molecule has 0 unspecified atom stereocenters. The number of pyridine rings is 1. The van der Waals surface area contributed by atoms with Crippen molar-refractivity contribution in [1.82, 2.24) is 9.97 Å². The average Bonchev–Trinajstić information content (AvgIpc) is 3.25. The first kappa shape index (κ1) is 17.2. The molecule has 0 saturated heterocycles.